The molecule has 0 radical (unpaired) electrons. The van der Waals surface area contributed by atoms with E-state index in [-0.39, 0.29) is 0 Å². The molecule has 2 fully saturated rings. The summed E-state index contributed by atoms with van der Waals surface area (Å²) < 4.78 is 0. The number of rotatable bonds is 7. The van der Waals surface area contributed by atoms with Crippen LogP contribution in [0.1, 0.15) is 39.0 Å². The minimum absolute atomic E-state index is 0.297. The van der Waals surface area contributed by atoms with E-state index in [1.54, 1.807) is 0 Å². The van der Waals surface area contributed by atoms with Crippen LogP contribution in [0.2, 0.25) is 0 Å². The molecule has 4 nitrogen and oxygen atoms in total. The predicted molar refractivity (Wildman–Crippen MR) is 84.0 cm³/mol. The Morgan fingerprint density at radius 2 is 1.85 bits per heavy atom. The summed E-state index contributed by atoms with van der Waals surface area (Å²) in [4.78, 5) is 5.06. The van der Waals surface area contributed by atoms with Crippen LogP contribution in [-0.2, 0) is 0 Å². The third-order valence-corrected chi connectivity index (χ3v) is 4.91. The van der Waals surface area contributed by atoms with E-state index in [0.717, 1.165) is 31.6 Å². The van der Waals surface area contributed by atoms with Gasteiger partial charge in [-0.15, -0.1) is 0 Å². The zero-order valence-electron chi connectivity index (χ0n) is 13.2. The van der Waals surface area contributed by atoms with Gasteiger partial charge in [0.1, 0.15) is 0 Å². The van der Waals surface area contributed by atoms with Crippen molar-refractivity contribution >= 4 is 0 Å². The largest absolute Gasteiger partial charge is 0.395 e. The SMILES string of the molecule is CCCNC1CCCC1CN1CCCN(CCO)CC1. The van der Waals surface area contributed by atoms with Gasteiger partial charge < -0.3 is 15.3 Å². The molecule has 1 saturated carbocycles. The summed E-state index contributed by atoms with van der Waals surface area (Å²) in [6, 6.07) is 0.756. The summed E-state index contributed by atoms with van der Waals surface area (Å²) in [7, 11) is 0. The normalized spacial score (nSPS) is 29.7. The summed E-state index contributed by atoms with van der Waals surface area (Å²) in [5.74, 6) is 0.853. The summed E-state index contributed by atoms with van der Waals surface area (Å²) in [6.45, 7) is 10.5. The van der Waals surface area contributed by atoms with Crippen molar-refractivity contribution in [2.45, 2.75) is 45.1 Å². The first-order valence-corrected chi connectivity index (χ1v) is 8.62. The van der Waals surface area contributed by atoms with Crippen molar-refractivity contribution in [3.8, 4) is 0 Å². The number of hydrogen-bond acceptors (Lipinski definition) is 4. The van der Waals surface area contributed by atoms with Crippen LogP contribution < -0.4 is 5.32 Å². The van der Waals surface area contributed by atoms with E-state index < -0.39 is 0 Å². The Hall–Kier alpha value is -0.160. The Kier molecular flexibility index (Phi) is 7.28. The highest BCUT2D eigenvalue weighted by molar-refractivity contribution is 4.86. The van der Waals surface area contributed by atoms with Crippen molar-refractivity contribution < 1.29 is 5.11 Å². The minimum Gasteiger partial charge on any atom is -0.395 e. The van der Waals surface area contributed by atoms with Gasteiger partial charge >= 0.3 is 0 Å². The molecule has 20 heavy (non-hydrogen) atoms. The fraction of sp³-hybridized carbons (Fsp3) is 1.00. The third kappa shape index (κ3) is 4.99. The molecular formula is C16H33N3O. The molecule has 0 aromatic rings. The van der Waals surface area contributed by atoms with Gasteiger partial charge in [-0.05, 0) is 51.2 Å². The molecule has 1 aliphatic heterocycles. The fourth-order valence-corrected chi connectivity index (χ4v) is 3.76. The van der Waals surface area contributed by atoms with Crippen LogP contribution in [0.15, 0.2) is 0 Å². The van der Waals surface area contributed by atoms with E-state index in [1.165, 1.54) is 58.3 Å². The molecular weight excluding hydrogens is 250 g/mol. The van der Waals surface area contributed by atoms with Crippen LogP contribution in [0.5, 0.6) is 0 Å². The molecule has 0 spiro atoms. The Morgan fingerprint density at radius 3 is 2.65 bits per heavy atom. The van der Waals surface area contributed by atoms with Crippen molar-refractivity contribution in [1.82, 2.24) is 15.1 Å². The maximum Gasteiger partial charge on any atom is 0.0558 e. The molecule has 0 bridgehead atoms. The molecule has 118 valence electrons. The fourth-order valence-electron chi connectivity index (χ4n) is 3.76. The Bertz CT molecular complexity index is 262. The number of aliphatic hydroxyl groups is 1. The highest BCUT2D eigenvalue weighted by atomic mass is 16.3. The monoisotopic (exact) mass is 283 g/mol. The Morgan fingerprint density at radius 1 is 1.05 bits per heavy atom. The van der Waals surface area contributed by atoms with Crippen molar-refractivity contribution in [2.75, 3.05) is 52.4 Å². The van der Waals surface area contributed by atoms with Gasteiger partial charge in [-0.2, -0.15) is 0 Å². The molecule has 2 rings (SSSR count). The second-order valence-electron chi connectivity index (χ2n) is 6.47. The van der Waals surface area contributed by atoms with Crippen LogP contribution in [0.3, 0.4) is 0 Å². The average molecular weight is 283 g/mol. The highest BCUT2D eigenvalue weighted by Crippen LogP contribution is 2.26. The molecule has 2 N–H and O–H groups in total. The predicted octanol–water partition coefficient (Wildman–Crippen LogP) is 1.15. The van der Waals surface area contributed by atoms with E-state index in [0.29, 0.717) is 6.61 Å². The molecule has 0 aromatic heterocycles. The Balaban J connectivity index is 1.74. The zero-order valence-corrected chi connectivity index (χ0v) is 13.2. The molecule has 0 aromatic carbocycles. The molecule has 0 amide bonds. The van der Waals surface area contributed by atoms with E-state index in [9.17, 15) is 0 Å². The minimum atomic E-state index is 0.297. The van der Waals surface area contributed by atoms with Gasteiger partial charge in [0.15, 0.2) is 0 Å². The first-order chi connectivity index (χ1) is 9.83. The summed E-state index contributed by atoms with van der Waals surface area (Å²) in [5, 5.41) is 12.8. The van der Waals surface area contributed by atoms with Crippen LogP contribution in [0, 0.1) is 5.92 Å². The smallest absolute Gasteiger partial charge is 0.0558 e. The lowest BCUT2D eigenvalue weighted by atomic mass is 10.0. The summed E-state index contributed by atoms with van der Waals surface area (Å²) in [6.07, 6.45) is 6.66. The second-order valence-corrected chi connectivity index (χ2v) is 6.47. The van der Waals surface area contributed by atoms with Gasteiger partial charge in [0.25, 0.3) is 0 Å². The van der Waals surface area contributed by atoms with Crippen molar-refractivity contribution in [2.24, 2.45) is 5.92 Å². The van der Waals surface area contributed by atoms with Crippen LogP contribution in [0.4, 0.5) is 0 Å². The Labute approximate surface area is 124 Å². The van der Waals surface area contributed by atoms with Gasteiger partial charge in [-0.1, -0.05) is 13.3 Å². The van der Waals surface area contributed by atoms with Crippen molar-refractivity contribution in [1.29, 1.82) is 0 Å². The van der Waals surface area contributed by atoms with Gasteiger partial charge in [0.05, 0.1) is 6.61 Å². The summed E-state index contributed by atoms with van der Waals surface area (Å²) in [5.41, 5.74) is 0. The summed E-state index contributed by atoms with van der Waals surface area (Å²) >= 11 is 0. The average Bonchev–Trinajstić information content (AvgIpc) is 2.77. The van der Waals surface area contributed by atoms with E-state index in [1.807, 2.05) is 0 Å². The van der Waals surface area contributed by atoms with E-state index in [4.69, 9.17) is 5.11 Å². The number of nitrogens with one attached hydrogen (secondary N) is 1. The van der Waals surface area contributed by atoms with Gasteiger partial charge in [0.2, 0.25) is 0 Å². The molecule has 2 atom stereocenters. The maximum atomic E-state index is 9.06. The van der Waals surface area contributed by atoms with Crippen molar-refractivity contribution in [3.05, 3.63) is 0 Å². The molecule has 4 heteroatoms. The molecule has 2 aliphatic rings. The number of aliphatic hydroxyl groups excluding tert-OH is 1. The third-order valence-electron chi connectivity index (χ3n) is 4.91. The molecule has 1 heterocycles. The van der Waals surface area contributed by atoms with E-state index in [2.05, 4.69) is 22.0 Å². The molecule has 1 saturated heterocycles. The van der Waals surface area contributed by atoms with Crippen LogP contribution in [-0.4, -0.2) is 73.4 Å². The van der Waals surface area contributed by atoms with Crippen LogP contribution in [0.25, 0.3) is 0 Å². The number of hydrogen-bond donors (Lipinski definition) is 2. The van der Waals surface area contributed by atoms with Gasteiger partial charge in [-0.25, -0.2) is 0 Å². The number of β-amino-alcohol motifs (C(OH)–C–C–N with tert-alkyl or cyclic N) is 1. The molecule has 1 aliphatic carbocycles. The highest BCUT2D eigenvalue weighted by Gasteiger charge is 2.28. The van der Waals surface area contributed by atoms with Gasteiger partial charge in [-0.3, -0.25) is 4.90 Å². The first-order valence-electron chi connectivity index (χ1n) is 8.62. The first kappa shape index (κ1) is 16.2. The van der Waals surface area contributed by atoms with Gasteiger partial charge in [0, 0.05) is 32.2 Å². The zero-order chi connectivity index (χ0) is 14.2. The maximum absolute atomic E-state index is 9.06. The lowest BCUT2D eigenvalue weighted by molar-refractivity contribution is 0.188. The lowest BCUT2D eigenvalue weighted by Crippen LogP contribution is -2.41. The molecule has 2 unspecified atom stereocenters. The second kappa shape index (κ2) is 8.98. The van der Waals surface area contributed by atoms with E-state index >= 15 is 0 Å². The number of nitrogens with zero attached hydrogens (tertiary/aromatic N) is 2. The lowest BCUT2D eigenvalue weighted by Gasteiger charge is -2.28. The topological polar surface area (TPSA) is 38.7 Å². The van der Waals surface area contributed by atoms with Crippen LogP contribution >= 0.6 is 0 Å². The standard InChI is InChI=1S/C16H33N3O/c1-2-7-17-16-6-3-5-15(16)14-19-9-4-8-18(10-11-19)12-13-20/h15-17,20H,2-14H2,1H3. The quantitative estimate of drug-likeness (QED) is 0.735. The van der Waals surface area contributed by atoms with Crippen molar-refractivity contribution in [3.63, 3.8) is 0 Å².